The van der Waals surface area contributed by atoms with Gasteiger partial charge in [0.25, 0.3) is 5.91 Å². The maximum absolute atomic E-state index is 11.1. The van der Waals surface area contributed by atoms with Gasteiger partial charge in [0.15, 0.2) is 0 Å². The number of aromatic nitrogens is 2. The van der Waals surface area contributed by atoms with Gasteiger partial charge in [0.2, 0.25) is 0 Å². The molecule has 0 bridgehead atoms. The topological polar surface area (TPSA) is 73.4 Å². The van der Waals surface area contributed by atoms with Crippen LogP contribution in [0.25, 0.3) is 5.69 Å². The normalized spacial score (nSPS) is 12.3. The van der Waals surface area contributed by atoms with Gasteiger partial charge in [-0.2, -0.15) is 5.10 Å². The van der Waals surface area contributed by atoms with Crippen molar-refractivity contribution in [1.82, 2.24) is 14.7 Å². The highest BCUT2D eigenvalue weighted by Gasteiger charge is 2.09. The van der Waals surface area contributed by atoms with E-state index in [9.17, 15) is 4.79 Å². The summed E-state index contributed by atoms with van der Waals surface area (Å²) in [6, 6.07) is 8.25. The van der Waals surface area contributed by atoms with E-state index in [0.717, 1.165) is 30.9 Å². The largest absolute Gasteiger partial charge is 0.494 e. The van der Waals surface area contributed by atoms with Gasteiger partial charge < -0.3 is 15.4 Å². The molecule has 0 spiro atoms. The first kappa shape index (κ1) is 19.0. The molecule has 1 amide bonds. The molecule has 6 nitrogen and oxygen atoms in total. The number of hydrogen-bond donors (Lipinski definition) is 1. The molecule has 2 rings (SSSR count). The zero-order valence-corrected chi connectivity index (χ0v) is 15.3. The number of primary amides is 1. The Hall–Kier alpha value is -2.34. The van der Waals surface area contributed by atoms with E-state index in [1.807, 2.05) is 24.3 Å². The Kier molecular flexibility index (Phi) is 7.01. The van der Waals surface area contributed by atoms with Crippen molar-refractivity contribution in [3.05, 3.63) is 42.2 Å². The van der Waals surface area contributed by atoms with Gasteiger partial charge in [0.1, 0.15) is 5.75 Å². The summed E-state index contributed by atoms with van der Waals surface area (Å²) in [6.07, 6.45) is 5.25. The van der Waals surface area contributed by atoms with E-state index in [1.165, 1.54) is 12.6 Å². The number of hydrogen-bond acceptors (Lipinski definition) is 4. The second-order valence-corrected chi connectivity index (χ2v) is 6.12. The van der Waals surface area contributed by atoms with Crippen LogP contribution < -0.4 is 10.5 Å². The fourth-order valence-corrected chi connectivity index (χ4v) is 2.69. The van der Waals surface area contributed by atoms with Crippen molar-refractivity contribution < 1.29 is 9.53 Å². The Balaban J connectivity index is 1.83. The number of amides is 1. The average molecular weight is 344 g/mol. The lowest BCUT2D eigenvalue weighted by Gasteiger charge is -2.26. The molecular weight excluding hydrogens is 316 g/mol. The Bertz CT molecular complexity index is 666. The summed E-state index contributed by atoms with van der Waals surface area (Å²) in [5.41, 5.74) is 6.49. The molecule has 0 aliphatic heterocycles. The van der Waals surface area contributed by atoms with E-state index in [4.69, 9.17) is 10.5 Å². The van der Waals surface area contributed by atoms with Crippen molar-refractivity contribution in [1.29, 1.82) is 0 Å². The zero-order valence-electron chi connectivity index (χ0n) is 15.3. The lowest BCUT2D eigenvalue weighted by molar-refractivity contribution is 0.100. The Morgan fingerprint density at radius 1 is 1.32 bits per heavy atom. The molecule has 0 saturated carbocycles. The summed E-state index contributed by atoms with van der Waals surface area (Å²) < 4.78 is 7.44. The smallest absolute Gasteiger partial charge is 0.251 e. The highest BCUT2D eigenvalue weighted by atomic mass is 16.5. The SMILES string of the molecule is CC[C@@H](C)N(CC)CCCOc1ccc(-n2cc(C(N)=O)cn2)cc1. The number of nitrogens with zero attached hydrogens (tertiary/aromatic N) is 3. The second-order valence-electron chi connectivity index (χ2n) is 6.12. The minimum atomic E-state index is -0.482. The van der Waals surface area contributed by atoms with Gasteiger partial charge in [-0.05, 0) is 50.6 Å². The van der Waals surface area contributed by atoms with E-state index in [1.54, 1.807) is 10.9 Å². The van der Waals surface area contributed by atoms with Gasteiger partial charge in [-0.15, -0.1) is 0 Å². The summed E-state index contributed by atoms with van der Waals surface area (Å²) in [6.45, 7) is 9.50. The predicted octanol–water partition coefficient (Wildman–Crippen LogP) is 2.86. The third-order valence-corrected chi connectivity index (χ3v) is 4.45. The fourth-order valence-electron chi connectivity index (χ4n) is 2.69. The standard InChI is InChI=1S/C19H28N4O2/c1-4-15(3)22(5-2)11-6-12-25-18-9-7-17(8-10-18)23-14-16(13-21-23)19(20)24/h7-10,13-15H,4-6,11-12H2,1-3H3,(H2,20,24)/t15-/m1/s1. The molecule has 6 heteroatoms. The highest BCUT2D eigenvalue weighted by Crippen LogP contribution is 2.16. The molecule has 0 saturated heterocycles. The molecule has 1 aromatic carbocycles. The first-order chi connectivity index (χ1) is 12.0. The van der Waals surface area contributed by atoms with E-state index < -0.39 is 5.91 Å². The highest BCUT2D eigenvalue weighted by molar-refractivity contribution is 5.92. The van der Waals surface area contributed by atoms with Crippen LogP contribution in [-0.2, 0) is 0 Å². The van der Waals surface area contributed by atoms with Crippen LogP contribution in [0.1, 0.15) is 44.0 Å². The quantitative estimate of drug-likeness (QED) is 0.673. The summed E-state index contributed by atoms with van der Waals surface area (Å²) in [4.78, 5) is 13.6. The number of benzene rings is 1. The molecule has 2 N–H and O–H groups in total. The van der Waals surface area contributed by atoms with Gasteiger partial charge in [0, 0.05) is 18.8 Å². The Morgan fingerprint density at radius 3 is 2.60 bits per heavy atom. The third-order valence-electron chi connectivity index (χ3n) is 4.45. The first-order valence-corrected chi connectivity index (χ1v) is 8.86. The molecule has 25 heavy (non-hydrogen) atoms. The second kappa shape index (κ2) is 9.22. The lowest BCUT2D eigenvalue weighted by Crippen LogP contribution is -2.33. The summed E-state index contributed by atoms with van der Waals surface area (Å²) >= 11 is 0. The van der Waals surface area contributed by atoms with Gasteiger partial charge in [-0.1, -0.05) is 13.8 Å². The van der Waals surface area contributed by atoms with E-state index in [-0.39, 0.29) is 0 Å². The van der Waals surface area contributed by atoms with Crippen LogP contribution in [0.5, 0.6) is 5.75 Å². The molecule has 0 aliphatic rings. The van der Waals surface area contributed by atoms with Crippen LogP contribution in [0.4, 0.5) is 0 Å². The van der Waals surface area contributed by atoms with Crippen molar-refractivity contribution in [3.8, 4) is 11.4 Å². The molecule has 1 aromatic heterocycles. The Labute approximate surface area is 149 Å². The molecule has 0 radical (unpaired) electrons. The van der Waals surface area contributed by atoms with E-state index >= 15 is 0 Å². The first-order valence-electron chi connectivity index (χ1n) is 8.86. The lowest BCUT2D eigenvalue weighted by atomic mass is 10.2. The molecule has 2 aromatic rings. The van der Waals surface area contributed by atoms with Crippen molar-refractivity contribution in [3.63, 3.8) is 0 Å². The molecule has 0 fully saturated rings. The van der Waals surface area contributed by atoms with Gasteiger partial charge in [-0.3, -0.25) is 4.79 Å². The van der Waals surface area contributed by atoms with Crippen LogP contribution in [0.2, 0.25) is 0 Å². The molecule has 1 heterocycles. The van der Waals surface area contributed by atoms with Crippen molar-refractivity contribution >= 4 is 5.91 Å². The van der Waals surface area contributed by atoms with Crippen LogP contribution in [0.15, 0.2) is 36.7 Å². The zero-order chi connectivity index (χ0) is 18.2. The summed E-state index contributed by atoms with van der Waals surface area (Å²) in [7, 11) is 0. The van der Waals surface area contributed by atoms with Crippen molar-refractivity contribution in [2.75, 3.05) is 19.7 Å². The number of carbonyl (C=O) groups is 1. The van der Waals surface area contributed by atoms with Crippen LogP contribution in [0.3, 0.4) is 0 Å². The van der Waals surface area contributed by atoms with Crippen molar-refractivity contribution in [2.45, 2.75) is 39.7 Å². The number of ether oxygens (including phenoxy) is 1. The Morgan fingerprint density at radius 2 is 2.04 bits per heavy atom. The maximum Gasteiger partial charge on any atom is 0.251 e. The maximum atomic E-state index is 11.1. The molecule has 1 atom stereocenters. The van der Waals surface area contributed by atoms with Crippen LogP contribution >= 0.6 is 0 Å². The molecular formula is C19H28N4O2. The number of rotatable bonds is 10. The van der Waals surface area contributed by atoms with Gasteiger partial charge in [0.05, 0.1) is 24.1 Å². The molecule has 136 valence electrons. The average Bonchev–Trinajstić information content (AvgIpc) is 3.12. The van der Waals surface area contributed by atoms with Gasteiger partial charge >= 0.3 is 0 Å². The number of nitrogens with two attached hydrogens (primary N) is 1. The van der Waals surface area contributed by atoms with E-state index in [0.29, 0.717) is 18.2 Å². The number of carbonyl (C=O) groups excluding carboxylic acids is 1. The minimum Gasteiger partial charge on any atom is -0.494 e. The van der Waals surface area contributed by atoms with Crippen LogP contribution in [0, 0.1) is 0 Å². The summed E-state index contributed by atoms with van der Waals surface area (Å²) in [5, 5.41) is 4.14. The fraction of sp³-hybridized carbons (Fsp3) is 0.474. The third kappa shape index (κ3) is 5.32. The van der Waals surface area contributed by atoms with Crippen molar-refractivity contribution in [2.24, 2.45) is 5.73 Å². The summed E-state index contributed by atoms with van der Waals surface area (Å²) in [5.74, 6) is 0.349. The van der Waals surface area contributed by atoms with Crippen LogP contribution in [-0.4, -0.2) is 46.3 Å². The monoisotopic (exact) mass is 344 g/mol. The minimum absolute atomic E-state index is 0.391. The van der Waals surface area contributed by atoms with E-state index in [2.05, 4.69) is 30.8 Å². The van der Waals surface area contributed by atoms with Gasteiger partial charge in [-0.25, -0.2) is 4.68 Å². The predicted molar refractivity (Wildman–Crippen MR) is 99.2 cm³/mol. The molecule has 0 unspecified atom stereocenters. The molecule has 0 aliphatic carbocycles.